The second kappa shape index (κ2) is 4.59. The number of hydrogen-bond acceptors (Lipinski definition) is 5. The van der Waals surface area contributed by atoms with Gasteiger partial charge in [0, 0.05) is 12.1 Å². The molecule has 0 aromatic heterocycles. The summed E-state index contributed by atoms with van der Waals surface area (Å²) in [7, 11) is 0. The molecule has 20 heavy (non-hydrogen) atoms. The van der Waals surface area contributed by atoms with Crippen LogP contribution in [0.25, 0.3) is 0 Å². The van der Waals surface area contributed by atoms with E-state index < -0.39 is 16.4 Å². The van der Waals surface area contributed by atoms with Gasteiger partial charge in [-0.2, -0.15) is 0 Å². The molecule has 0 radical (unpaired) electrons. The fourth-order valence-electron chi connectivity index (χ4n) is 2.05. The minimum absolute atomic E-state index is 0.139. The van der Waals surface area contributed by atoms with E-state index in [1.165, 1.54) is 30.0 Å². The van der Waals surface area contributed by atoms with Gasteiger partial charge in [0.1, 0.15) is 11.5 Å². The number of fused-ring (bicyclic) bond motifs is 1. The molecular formula is C13H14N2O5. The van der Waals surface area contributed by atoms with Crippen LogP contribution < -0.4 is 9.64 Å². The molecule has 106 valence electrons. The molecule has 0 spiro atoms. The SMILES string of the molecule is CC(=O)CN1C(=O)C(C)(C)Oc2ccc([N+](=O)[O-])cc21. The Labute approximate surface area is 115 Å². The number of nitro benzene ring substituents is 1. The van der Waals surface area contributed by atoms with Crippen molar-refractivity contribution in [2.24, 2.45) is 0 Å². The summed E-state index contributed by atoms with van der Waals surface area (Å²) in [6.07, 6.45) is 0. The maximum absolute atomic E-state index is 12.3. The molecule has 0 saturated carbocycles. The molecule has 0 atom stereocenters. The summed E-state index contributed by atoms with van der Waals surface area (Å²) in [5.41, 5.74) is -1.02. The van der Waals surface area contributed by atoms with Crippen molar-refractivity contribution in [2.45, 2.75) is 26.4 Å². The molecule has 1 aromatic carbocycles. The first-order valence-electron chi connectivity index (χ1n) is 6.01. The van der Waals surface area contributed by atoms with Gasteiger partial charge in [-0.05, 0) is 26.8 Å². The highest BCUT2D eigenvalue weighted by molar-refractivity contribution is 6.05. The van der Waals surface area contributed by atoms with Crippen molar-refractivity contribution < 1.29 is 19.2 Å². The van der Waals surface area contributed by atoms with Crippen molar-refractivity contribution >= 4 is 23.1 Å². The van der Waals surface area contributed by atoms with E-state index in [0.717, 1.165) is 0 Å². The minimum atomic E-state index is -1.11. The summed E-state index contributed by atoms with van der Waals surface area (Å²) < 4.78 is 5.55. The zero-order valence-electron chi connectivity index (χ0n) is 11.4. The molecule has 1 aromatic rings. The van der Waals surface area contributed by atoms with Crippen molar-refractivity contribution in [2.75, 3.05) is 11.4 Å². The van der Waals surface area contributed by atoms with Gasteiger partial charge < -0.3 is 4.74 Å². The summed E-state index contributed by atoms with van der Waals surface area (Å²) in [6.45, 7) is 4.40. The Balaban J connectivity index is 2.56. The molecule has 7 nitrogen and oxygen atoms in total. The summed E-state index contributed by atoms with van der Waals surface area (Å²) in [5.74, 6) is -0.268. The first kappa shape index (κ1) is 14.0. The number of amides is 1. The number of ketones is 1. The Morgan fingerprint density at radius 1 is 1.45 bits per heavy atom. The van der Waals surface area contributed by atoms with Crippen LogP contribution in [0.15, 0.2) is 18.2 Å². The van der Waals surface area contributed by atoms with Crippen molar-refractivity contribution in [3.8, 4) is 5.75 Å². The zero-order chi connectivity index (χ0) is 15.1. The van der Waals surface area contributed by atoms with Crippen LogP contribution in [0.4, 0.5) is 11.4 Å². The Hall–Kier alpha value is -2.44. The number of benzene rings is 1. The lowest BCUT2D eigenvalue weighted by Gasteiger charge is -2.38. The molecule has 1 aliphatic rings. The van der Waals surface area contributed by atoms with Gasteiger partial charge in [0.25, 0.3) is 11.6 Å². The summed E-state index contributed by atoms with van der Waals surface area (Å²) in [6, 6.07) is 3.98. The Morgan fingerprint density at radius 2 is 2.10 bits per heavy atom. The van der Waals surface area contributed by atoms with E-state index in [1.54, 1.807) is 13.8 Å². The number of nitrogens with zero attached hydrogens (tertiary/aromatic N) is 2. The molecule has 0 N–H and O–H groups in total. The van der Waals surface area contributed by atoms with Gasteiger partial charge in [-0.25, -0.2) is 0 Å². The minimum Gasteiger partial charge on any atom is -0.476 e. The van der Waals surface area contributed by atoms with Crippen LogP contribution in [0.3, 0.4) is 0 Å². The summed E-state index contributed by atoms with van der Waals surface area (Å²) in [4.78, 5) is 35.1. The van der Waals surface area contributed by atoms with Crippen LogP contribution in [0.2, 0.25) is 0 Å². The number of Topliss-reactive ketones (excluding diaryl/α,β-unsaturated/α-hetero) is 1. The van der Waals surface area contributed by atoms with Crippen molar-refractivity contribution in [3.63, 3.8) is 0 Å². The predicted octanol–water partition coefficient (Wildman–Crippen LogP) is 1.69. The molecule has 0 bridgehead atoms. The number of rotatable bonds is 3. The van der Waals surface area contributed by atoms with Crippen LogP contribution in [0.5, 0.6) is 5.75 Å². The lowest BCUT2D eigenvalue weighted by molar-refractivity contribution is -0.384. The number of non-ortho nitro benzene ring substituents is 1. The highest BCUT2D eigenvalue weighted by Gasteiger charge is 2.41. The largest absolute Gasteiger partial charge is 0.476 e. The van der Waals surface area contributed by atoms with Gasteiger partial charge in [0.05, 0.1) is 17.2 Å². The molecular weight excluding hydrogens is 264 g/mol. The Morgan fingerprint density at radius 3 is 2.65 bits per heavy atom. The molecule has 0 saturated heterocycles. The smallest absolute Gasteiger partial charge is 0.271 e. The molecule has 7 heteroatoms. The van der Waals surface area contributed by atoms with Gasteiger partial charge in [-0.3, -0.25) is 24.6 Å². The topological polar surface area (TPSA) is 89.8 Å². The Kier molecular flexibility index (Phi) is 3.21. The van der Waals surface area contributed by atoms with E-state index in [-0.39, 0.29) is 23.7 Å². The number of anilines is 1. The Bertz CT molecular complexity index is 609. The van der Waals surface area contributed by atoms with Crippen LogP contribution >= 0.6 is 0 Å². The van der Waals surface area contributed by atoms with E-state index in [4.69, 9.17) is 4.74 Å². The number of hydrogen-bond donors (Lipinski definition) is 0. The van der Waals surface area contributed by atoms with Crippen LogP contribution in [-0.2, 0) is 9.59 Å². The van der Waals surface area contributed by atoms with Gasteiger partial charge in [-0.1, -0.05) is 0 Å². The molecule has 1 heterocycles. The average Bonchev–Trinajstić information content (AvgIpc) is 2.33. The molecule has 0 aliphatic carbocycles. The molecule has 1 aliphatic heterocycles. The zero-order valence-corrected chi connectivity index (χ0v) is 11.4. The summed E-state index contributed by atoms with van der Waals surface area (Å²) in [5, 5.41) is 10.8. The number of carbonyl (C=O) groups excluding carboxylic acids is 2. The normalized spacial score (nSPS) is 16.4. The van der Waals surface area contributed by atoms with E-state index in [1.807, 2.05) is 0 Å². The standard InChI is InChI=1S/C13H14N2O5/c1-8(16)7-14-10-6-9(15(18)19)4-5-11(10)20-13(2,3)12(14)17/h4-6H,7H2,1-3H3. The van der Waals surface area contributed by atoms with Crippen molar-refractivity contribution in [1.82, 2.24) is 0 Å². The highest BCUT2D eigenvalue weighted by atomic mass is 16.6. The third kappa shape index (κ3) is 2.34. The van der Waals surface area contributed by atoms with Gasteiger partial charge in [-0.15, -0.1) is 0 Å². The number of carbonyl (C=O) groups is 2. The van der Waals surface area contributed by atoms with Crippen LogP contribution in [0.1, 0.15) is 20.8 Å². The van der Waals surface area contributed by atoms with Gasteiger partial charge >= 0.3 is 0 Å². The van der Waals surface area contributed by atoms with E-state index in [9.17, 15) is 19.7 Å². The first-order valence-corrected chi connectivity index (χ1v) is 6.01. The summed E-state index contributed by atoms with van der Waals surface area (Å²) >= 11 is 0. The lowest BCUT2D eigenvalue weighted by atomic mass is 10.0. The van der Waals surface area contributed by atoms with E-state index >= 15 is 0 Å². The third-order valence-corrected chi connectivity index (χ3v) is 2.95. The van der Waals surface area contributed by atoms with Crippen LogP contribution in [0, 0.1) is 10.1 Å². The molecule has 0 fully saturated rings. The average molecular weight is 278 g/mol. The van der Waals surface area contributed by atoms with Crippen molar-refractivity contribution in [1.29, 1.82) is 0 Å². The van der Waals surface area contributed by atoms with Crippen molar-refractivity contribution in [3.05, 3.63) is 28.3 Å². The molecule has 2 rings (SSSR count). The maximum atomic E-state index is 12.3. The van der Waals surface area contributed by atoms with Gasteiger partial charge in [0.2, 0.25) is 0 Å². The van der Waals surface area contributed by atoms with E-state index in [0.29, 0.717) is 5.75 Å². The van der Waals surface area contributed by atoms with Gasteiger partial charge in [0.15, 0.2) is 5.60 Å². The quantitative estimate of drug-likeness (QED) is 0.620. The number of ether oxygens (including phenoxy) is 1. The fourth-order valence-corrected chi connectivity index (χ4v) is 2.05. The fraction of sp³-hybridized carbons (Fsp3) is 0.385. The van der Waals surface area contributed by atoms with E-state index in [2.05, 4.69) is 0 Å². The maximum Gasteiger partial charge on any atom is 0.271 e. The highest BCUT2D eigenvalue weighted by Crippen LogP contribution is 2.39. The monoisotopic (exact) mass is 278 g/mol. The van der Waals surface area contributed by atoms with Crippen LogP contribution in [-0.4, -0.2) is 28.8 Å². The molecule has 0 unspecified atom stereocenters. The molecule has 1 amide bonds. The third-order valence-electron chi connectivity index (χ3n) is 2.95. The predicted molar refractivity (Wildman–Crippen MR) is 70.8 cm³/mol. The second-order valence-corrected chi connectivity index (χ2v) is 5.11. The first-order chi connectivity index (χ1) is 9.22. The second-order valence-electron chi connectivity index (χ2n) is 5.11. The number of nitro groups is 1. The lowest BCUT2D eigenvalue weighted by Crippen LogP contribution is -2.53.